The third-order valence-electron chi connectivity index (χ3n) is 4.11. The summed E-state index contributed by atoms with van der Waals surface area (Å²) in [5.74, 6) is 1.27. The molecule has 0 spiro atoms. The van der Waals surface area contributed by atoms with Crippen molar-refractivity contribution < 1.29 is 4.79 Å². The topological polar surface area (TPSA) is 41.5 Å². The van der Waals surface area contributed by atoms with E-state index in [1.54, 1.807) is 0 Å². The molecule has 2 aliphatic rings. The summed E-state index contributed by atoms with van der Waals surface area (Å²) in [7, 11) is 0. The first-order valence-corrected chi connectivity index (χ1v) is 7.26. The van der Waals surface area contributed by atoms with E-state index in [1.807, 2.05) is 0 Å². The van der Waals surface area contributed by atoms with Gasteiger partial charge in [-0.1, -0.05) is 37.6 Å². The number of nitrogens with one attached hydrogen (secondary N) is 1. The molecule has 0 saturated carbocycles. The highest BCUT2D eigenvalue weighted by molar-refractivity contribution is 6.08. The molecular weight excluding hydrogens is 236 g/mol. The highest BCUT2D eigenvalue weighted by atomic mass is 16.2. The largest absolute Gasteiger partial charge is 0.312 e. The zero-order chi connectivity index (χ0) is 13.2. The molecule has 0 radical (unpaired) electrons. The normalized spacial score (nSPS) is 25.7. The molecule has 0 saturated heterocycles. The molecule has 100 valence electrons. The molecule has 1 aromatic rings. The lowest BCUT2D eigenvalue weighted by atomic mass is 9.82. The third-order valence-corrected chi connectivity index (χ3v) is 4.11. The molecule has 2 atom stereocenters. The standard InChI is InChI=1S/C16H20N2O/c1-2-6-14-16(19)18-15(17-14)13-10-5-8-11-7-3-4-9-12(11)13/h3-4,7,9,13-14H,2,5-6,8,10H2,1H3,(H,17,18,19). The molecule has 3 rings (SSSR count). The van der Waals surface area contributed by atoms with Gasteiger partial charge in [0.25, 0.3) is 0 Å². The Hall–Kier alpha value is -1.64. The SMILES string of the molecule is CCCC1N=C(C2CCCc3ccccc32)NC1=O. The fraction of sp³-hybridized carbons (Fsp3) is 0.500. The first-order valence-electron chi connectivity index (χ1n) is 7.26. The molecule has 19 heavy (non-hydrogen) atoms. The Labute approximate surface area is 114 Å². The van der Waals surface area contributed by atoms with Crippen molar-refractivity contribution >= 4 is 11.7 Å². The van der Waals surface area contributed by atoms with Crippen LogP contribution in [0.2, 0.25) is 0 Å². The van der Waals surface area contributed by atoms with Gasteiger partial charge in [-0.3, -0.25) is 9.79 Å². The van der Waals surface area contributed by atoms with Crippen LogP contribution in [-0.4, -0.2) is 17.8 Å². The highest BCUT2D eigenvalue weighted by Gasteiger charge is 2.32. The van der Waals surface area contributed by atoms with Crippen molar-refractivity contribution in [2.24, 2.45) is 4.99 Å². The smallest absolute Gasteiger partial charge is 0.250 e. The van der Waals surface area contributed by atoms with E-state index in [4.69, 9.17) is 0 Å². The van der Waals surface area contributed by atoms with E-state index >= 15 is 0 Å². The van der Waals surface area contributed by atoms with E-state index in [-0.39, 0.29) is 17.9 Å². The van der Waals surface area contributed by atoms with Crippen LogP contribution in [0.4, 0.5) is 0 Å². The number of aryl methyl sites for hydroxylation is 1. The monoisotopic (exact) mass is 256 g/mol. The average Bonchev–Trinajstić information content (AvgIpc) is 2.80. The molecule has 2 unspecified atom stereocenters. The summed E-state index contributed by atoms with van der Waals surface area (Å²) < 4.78 is 0. The number of amidine groups is 1. The summed E-state index contributed by atoms with van der Waals surface area (Å²) in [5.41, 5.74) is 2.76. The van der Waals surface area contributed by atoms with E-state index in [2.05, 4.69) is 41.5 Å². The van der Waals surface area contributed by atoms with Gasteiger partial charge in [-0.15, -0.1) is 0 Å². The van der Waals surface area contributed by atoms with Crippen molar-refractivity contribution in [2.75, 3.05) is 0 Å². The predicted molar refractivity (Wildman–Crippen MR) is 76.4 cm³/mol. The average molecular weight is 256 g/mol. The van der Waals surface area contributed by atoms with E-state index in [1.165, 1.54) is 17.5 Å². The molecule has 1 N–H and O–H groups in total. The number of carbonyl (C=O) groups excluding carboxylic acids is 1. The van der Waals surface area contributed by atoms with Crippen LogP contribution in [0.3, 0.4) is 0 Å². The van der Waals surface area contributed by atoms with Crippen molar-refractivity contribution in [1.82, 2.24) is 5.32 Å². The van der Waals surface area contributed by atoms with Crippen LogP contribution in [0.25, 0.3) is 0 Å². The highest BCUT2D eigenvalue weighted by Crippen LogP contribution is 2.33. The van der Waals surface area contributed by atoms with Gasteiger partial charge in [0, 0.05) is 5.92 Å². The van der Waals surface area contributed by atoms with Crippen LogP contribution in [0.5, 0.6) is 0 Å². The lowest BCUT2D eigenvalue weighted by Crippen LogP contribution is -2.33. The van der Waals surface area contributed by atoms with Gasteiger partial charge in [-0.25, -0.2) is 0 Å². The molecule has 0 aromatic heterocycles. The van der Waals surface area contributed by atoms with Crippen molar-refractivity contribution in [3.8, 4) is 0 Å². The Kier molecular flexibility index (Phi) is 3.36. The Morgan fingerprint density at radius 1 is 1.37 bits per heavy atom. The Bertz CT molecular complexity index is 521. The van der Waals surface area contributed by atoms with Crippen molar-refractivity contribution in [2.45, 2.75) is 51.0 Å². The zero-order valence-electron chi connectivity index (χ0n) is 11.4. The van der Waals surface area contributed by atoms with Gasteiger partial charge in [-0.2, -0.15) is 0 Å². The van der Waals surface area contributed by atoms with Crippen LogP contribution in [0.1, 0.15) is 49.7 Å². The number of hydrogen-bond donors (Lipinski definition) is 1. The summed E-state index contributed by atoms with van der Waals surface area (Å²) in [6.45, 7) is 2.09. The molecule has 1 aliphatic carbocycles. The second kappa shape index (κ2) is 5.16. The fourth-order valence-electron chi connectivity index (χ4n) is 3.15. The number of benzene rings is 1. The van der Waals surface area contributed by atoms with Gasteiger partial charge < -0.3 is 5.32 Å². The minimum absolute atomic E-state index is 0.0832. The number of hydrogen-bond acceptors (Lipinski definition) is 2. The number of fused-ring (bicyclic) bond motifs is 1. The second-order valence-electron chi connectivity index (χ2n) is 5.45. The number of aliphatic imine (C=N–C) groups is 1. The molecule has 0 fully saturated rings. The van der Waals surface area contributed by atoms with Crippen LogP contribution in [0, 0.1) is 0 Å². The quantitative estimate of drug-likeness (QED) is 0.887. The second-order valence-corrected chi connectivity index (χ2v) is 5.45. The van der Waals surface area contributed by atoms with Gasteiger partial charge >= 0.3 is 0 Å². The molecule has 1 amide bonds. The van der Waals surface area contributed by atoms with Crippen LogP contribution >= 0.6 is 0 Å². The summed E-state index contributed by atoms with van der Waals surface area (Å²) in [4.78, 5) is 16.5. The van der Waals surface area contributed by atoms with Crippen LogP contribution in [-0.2, 0) is 11.2 Å². The molecule has 1 heterocycles. The van der Waals surface area contributed by atoms with Gasteiger partial charge in [0.2, 0.25) is 5.91 Å². The van der Waals surface area contributed by atoms with Crippen molar-refractivity contribution in [3.63, 3.8) is 0 Å². The molecule has 1 aliphatic heterocycles. The molecule has 3 nitrogen and oxygen atoms in total. The summed E-state index contributed by atoms with van der Waals surface area (Å²) in [6, 6.07) is 8.39. The molecule has 3 heteroatoms. The Morgan fingerprint density at radius 2 is 2.21 bits per heavy atom. The maximum Gasteiger partial charge on any atom is 0.250 e. The number of nitrogens with zero attached hydrogens (tertiary/aromatic N) is 1. The Balaban J connectivity index is 1.88. The summed E-state index contributed by atoms with van der Waals surface area (Å²) in [6.07, 6.45) is 5.26. The van der Waals surface area contributed by atoms with Gasteiger partial charge in [0.1, 0.15) is 11.9 Å². The van der Waals surface area contributed by atoms with Crippen LogP contribution < -0.4 is 5.32 Å². The molecule has 0 bridgehead atoms. The van der Waals surface area contributed by atoms with Gasteiger partial charge in [0.05, 0.1) is 0 Å². The van der Waals surface area contributed by atoms with Crippen molar-refractivity contribution in [1.29, 1.82) is 0 Å². The zero-order valence-corrected chi connectivity index (χ0v) is 11.4. The van der Waals surface area contributed by atoms with E-state index in [9.17, 15) is 4.79 Å². The maximum atomic E-state index is 11.9. The lowest BCUT2D eigenvalue weighted by molar-refractivity contribution is -0.120. The molecule has 1 aromatic carbocycles. The first-order chi connectivity index (χ1) is 9.29. The van der Waals surface area contributed by atoms with E-state index in [0.717, 1.165) is 31.5 Å². The van der Waals surface area contributed by atoms with Gasteiger partial charge in [0.15, 0.2) is 0 Å². The van der Waals surface area contributed by atoms with Crippen molar-refractivity contribution in [3.05, 3.63) is 35.4 Å². The maximum absolute atomic E-state index is 11.9. The number of carbonyl (C=O) groups is 1. The third kappa shape index (κ3) is 2.29. The van der Waals surface area contributed by atoms with Crippen LogP contribution in [0.15, 0.2) is 29.3 Å². The minimum Gasteiger partial charge on any atom is -0.312 e. The summed E-state index contributed by atoms with van der Waals surface area (Å²) >= 11 is 0. The fourth-order valence-corrected chi connectivity index (χ4v) is 3.15. The van der Waals surface area contributed by atoms with Gasteiger partial charge in [-0.05, 0) is 36.8 Å². The lowest BCUT2D eigenvalue weighted by Gasteiger charge is -2.25. The number of rotatable bonds is 3. The Morgan fingerprint density at radius 3 is 3.05 bits per heavy atom. The minimum atomic E-state index is -0.158. The summed E-state index contributed by atoms with van der Waals surface area (Å²) in [5, 5.41) is 3.01. The first kappa shape index (κ1) is 12.4. The molecular formula is C16H20N2O. The van der Waals surface area contributed by atoms with E-state index in [0.29, 0.717) is 0 Å². The number of amides is 1. The predicted octanol–water partition coefficient (Wildman–Crippen LogP) is 2.80. The van der Waals surface area contributed by atoms with E-state index < -0.39 is 0 Å².